The van der Waals surface area contributed by atoms with Crippen molar-refractivity contribution >= 4 is 28.3 Å². The molecule has 2 atom stereocenters. The second-order valence-corrected chi connectivity index (χ2v) is 7.33. The summed E-state index contributed by atoms with van der Waals surface area (Å²) in [5, 5.41) is 6.05. The Morgan fingerprint density at radius 1 is 1.38 bits per heavy atom. The highest BCUT2D eigenvalue weighted by molar-refractivity contribution is 7.89. The van der Waals surface area contributed by atoms with E-state index in [1.54, 1.807) is 0 Å². The molecule has 1 fully saturated rings. The smallest absolute Gasteiger partial charge is 0.238 e. The molecule has 8 heteroatoms. The SMILES string of the molecule is CCCS(=O)(=O)N1CCCC1C(=O)NC[C@@H](C)NCC.Cl. The van der Waals surface area contributed by atoms with Crippen molar-refractivity contribution in [2.75, 3.05) is 25.4 Å². The minimum atomic E-state index is -3.30. The summed E-state index contributed by atoms with van der Waals surface area (Å²) in [4.78, 5) is 12.2. The van der Waals surface area contributed by atoms with Gasteiger partial charge in [0, 0.05) is 19.1 Å². The Kier molecular flexibility index (Phi) is 9.44. The molecule has 0 aliphatic carbocycles. The van der Waals surface area contributed by atoms with Crippen LogP contribution in [-0.4, -0.2) is 56.1 Å². The average molecular weight is 342 g/mol. The Bertz CT molecular complexity index is 417. The van der Waals surface area contributed by atoms with Crippen molar-refractivity contribution in [2.45, 2.75) is 52.1 Å². The lowest BCUT2D eigenvalue weighted by atomic mass is 10.2. The fraction of sp³-hybridized carbons (Fsp3) is 0.923. The topological polar surface area (TPSA) is 78.5 Å². The number of nitrogens with one attached hydrogen (secondary N) is 2. The molecule has 0 saturated carbocycles. The van der Waals surface area contributed by atoms with Crippen molar-refractivity contribution < 1.29 is 13.2 Å². The summed E-state index contributed by atoms with van der Waals surface area (Å²) in [6.45, 7) is 7.66. The lowest BCUT2D eigenvalue weighted by Gasteiger charge is -2.24. The van der Waals surface area contributed by atoms with Crippen molar-refractivity contribution in [1.29, 1.82) is 0 Å². The van der Waals surface area contributed by atoms with Gasteiger partial charge in [-0.1, -0.05) is 13.8 Å². The van der Waals surface area contributed by atoms with E-state index < -0.39 is 16.1 Å². The molecule has 1 heterocycles. The molecule has 1 rings (SSSR count). The van der Waals surface area contributed by atoms with E-state index in [1.165, 1.54) is 4.31 Å². The molecule has 21 heavy (non-hydrogen) atoms. The van der Waals surface area contributed by atoms with E-state index in [0.717, 1.165) is 13.0 Å². The predicted octanol–water partition coefficient (Wildman–Crippen LogP) is 0.727. The quantitative estimate of drug-likeness (QED) is 0.682. The minimum Gasteiger partial charge on any atom is -0.353 e. The fourth-order valence-corrected chi connectivity index (χ4v) is 4.25. The summed E-state index contributed by atoms with van der Waals surface area (Å²) >= 11 is 0. The van der Waals surface area contributed by atoms with Crippen molar-refractivity contribution in [3.63, 3.8) is 0 Å². The van der Waals surface area contributed by atoms with Crippen LogP contribution >= 0.6 is 12.4 Å². The second-order valence-electron chi connectivity index (χ2n) is 5.29. The Morgan fingerprint density at radius 2 is 2.05 bits per heavy atom. The Labute approximate surface area is 134 Å². The highest BCUT2D eigenvalue weighted by Gasteiger charge is 2.37. The third-order valence-electron chi connectivity index (χ3n) is 3.46. The largest absolute Gasteiger partial charge is 0.353 e. The number of nitrogens with zero attached hydrogens (tertiary/aromatic N) is 1. The van der Waals surface area contributed by atoms with Gasteiger partial charge in [0.05, 0.1) is 5.75 Å². The summed E-state index contributed by atoms with van der Waals surface area (Å²) in [7, 11) is -3.30. The zero-order valence-electron chi connectivity index (χ0n) is 13.1. The van der Waals surface area contributed by atoms with E-state index in [1.807, 2.05) is 20.8 Å². The zero-order chi connectivity index (χ0) is 15.2. The molecule has 1 saturated heterocycles. The maximum atomic E-state index is 12.2. The molecule has 1 amide bonds. The molecule has 0 aromatic heterocycles. The molecule has 126 valence electrons. The lowest BCUT2D eigenvalue weighted by Crippen LogP contribution is -2.49. The predicted molar refractivity (Wildman–Crippen MR) is 87.2 cm³/mol. The van der Waals surface area contributed by atoms with Gasteiger partial charge in [-0.15, -0.1) is 12.4 Å². The number of amides is 1. The van der Waals surface area contributed by atoms with Crippen molar-refractivity contribution in [3.8, 4) is 0 Å². The molecule has 0 radical (unpaired) electrons. The maximum Gasteiger partial charge on any atom is 0.238 e. The molecular formula is C13H28ClN3O3S. The van der Waals surface area contributed by atoms with Gasteiger partial charge in [0.1, 0.15) is 6.04 Å². The van der Waals surface area contributed by atoms with Gasteiger partial charge in [-0.3, -0.25) is 4.79 Å². The van der Waals surface area contributed by atoms with Gasteiger partial charge in [0.25, 0.3) is 0 Å². The Balaban J connectivity index is 0.00000400. The van der Waals surface area contributed by atoms with Crippen LogP contribution in [0.3, 0.4) is 0 Å². The van der Waals surface area contributed by atoms with Crippen molar-refractivity contribution in [1.82, 2.24) is 14.9 Å². The van der Waals surface area contributed by atoms with Gasteiger partial charge in [-0.25, -0.2) is 8.42 Å². The number of halogens is 1. The van der Waals surface area contributed by atoms with Gasteiger partial charge < -0.3 is 10.6 Å². The number of hydrogen-bond donors (Lipinski definition) is 2. The van der Waals surface area contributed by atoms with Crippen LogP contribution in [0, 0.1) is 0 Å². The van der Waals surface area contributed by atoms with Crippen LogP contribution in [0.15, 0.2) is 0 Å². The molecule has 0 aromatic rings. The monoisotopic (exact) mass is 341 g/mol. The number of carbonyl (C=O) groups excluding carboxylic acids is 1. The first-order valence-electron chi connectivity index (χ1n) is 7.43. The highest BCUT2D eigenvalue weighted by Crippen LogP contribution is 2.21. The molecule has 1 aliphatic rings. The standard InChI is InChI=1S/C13H27N3O3S.ClH/c1-4-9-20(18,19)16-8-6-7-12(16)13(17)15-10-11(3)14-5-2;/h11-12,14H,4-10H2,1-3H3,(H,15,17);1H/t11-,12?;/m1./s1. The van der Waals surface area contributed by atoms with Crippen molar-refractivity contribution in [3.05, 3.63) is 0 Å². The molecule has 6 nitrogen and oxygen atoms in total. The molecule has 0 spiro atoms. The molecular weight excluding hydrogens is 314 g/mol. The molecule has 0 bridgehead atoms. The van der Waals surface area contributed by atoms with E-state index in [0.29, 0.717) is 25.9 Å². The summed E-state index contributed by atoms with van der Waals surface area (Å²) in [6.07, 6.45) is 1.94. The number of sulfonamides is 1. The van der Waals surface area contributed by atoms with Crippen LogP contribution in [0.1, 0.15) is 40.0 Å². The normalized spacial score (nSPS) is 20.8. The maximum absolute atomic E-state index is 12.2. The summed E-state index contributed by atoms with van der Waals surface area (Å²) in [5.74, 6) is -0.0585. The van der Waals surface area contributed by atoms with Gasteiger partial charge in [0.2, 0.25) is 15.9 Å². The highest BCUT2D eigenvalue weighted by atomic mass is 35.5. The molecule has 1 unspecified atom stereocenters. The first-order chi connectivity index (χ1) is 9.42. The summed E-state index contributed by atoms with van der Waals surface area (Å²) in [6, 6.07) is -0.341. The van der Waals surface area contributed by atoms with Crippen LogP contribution in [0.25, 0.3) is 0 Å². The lowest BCUT2D eigenvalue weighted by molar-refractivity contribution is -0.124. The minimum absolute atomic E-state index is 0. The van der Waals surface area contributed by atoms with Gasteiger partial charge in [-0.2, -0.15) is 4.31 Å². The van der Waals surface area contributed by atoms with Crippen LogP contribution in [0.5, 0.6) is 0 Å². The van der Waals surface area contributed by atoms with E-state index in [9.17, 15) is 13.2 Å². The molecule has 0 aromatic carbocycles. The van der Waals surface area contributed by atoms with E-state index in [2.05, 4.69) is 10.6 Å². The van der Waals surface area contributed by atoms with E-state index in [4.69, 9.17) is 0 Å². The second kappa shape index (κ2) is 9.61. The van der Waals surface area contributed by atoms with Crippen LogP contribution in [0.4, 0.5) is 0 Å². The zero-order valence-corrected chi connectivity index (χ0v) is 14.7. The summed E-state index contributed by atoms with van der Waals surface area (Å²) in [5.41, 5.74) is 0. The summed E-state index contributed by atoms with van der Waals surface area (Å²) < 4.78 is 25.6. The molecule has 2 N–H and O–H groups in total. The van der Waals surface area contributed by atoms with Crippen LogP contribution in [0.2, 0.25) is 0 Å². The van der Waals surface area contributed by atoms with Gasteiger partial charge in [0.15, 0.2) is 0 Å². The van der Waals surface area contributed by atoms with E-state index >= 15 is 0 Å². The molecule has 1 aliphatic heterocycles. The van der Waals surface area contributed by atoms with Crippen LogP contribution in [-0.2, 0) is 14.8 Å². The number of hydrogen-bond acceptors (Lipinski definition) is 4. The van der Waals surface area contributed by atoms with E-state index in [-0.39, 0.29) is 30.1 Å². The van der Waals surface area contributed by atoms with Crippen LogP contribution < -0.4 is 10.6 Å². The number of carbonyl (C=O) groups is 1. The fourth-order valence-electron chi connectivity index (χ4n) is 2.50. The third kappa shape index (κ3) is 6.10. The third-order valence-corrected chi connectivity index (χ3v) is 5.54. The Hall–Kier alpha value is -0.370. The van der Waals surface area contributed by atoms with Gasteiger partial charge in [-0.05, 0) is 32.7 Å². The van der Waals surface area contributed by atoms with Crippen molar-refractivity contribution in [2.24, 2.45) is 0 Å². The first-order valence-corrected chi connectivity index (χ1v) is 9.03. The Morgan fingerprint density at radius 3 is 2.62 bits per heavy atom. The number of likely N-dealkylation sites (N-methyl/N-ethyl adjacent to an activating group) is 1. The average Bonchev–Trinajstić information content (AvgIpc) is 2.86. The first kappa shape index (κ1) is 20.6. The van der Waals surface area contributed by atoms with Gasteiger partial charge >= 0.3 is 0 Å². The number of rotatable bonds is 8.